The lowest BCUT2D eigenvalue weighted by Gasteiger charge is -2.24. The van der Waals surface area contributed by atoms with E-state index >= 15 is 0 Å². The monoisotopic (exact) mass is 313 g/mol. The third kappa shape index (κ3) is 3.28. The maximum atomic E-state index is 11.2. The summed E-state index contributed by atoms with van der Waals surface area (Å²) in [6.07, 6.45) is 2.05. The van der Waals surface area contributed by atoms with Crippen LogP contribution in [0.4, 0.5) is 17.1 Å². The van der Waals surface area contributed by atoms with Crippen LogP contribution >= 0.6 is 0 Å². The van der Waals surface area contributed by atoms with Gasteiger partial charge in [0, 0.05) is 35.5 Å². The molecule has 2 aromatic rings. The van der Waals surface area contributed by atoms with Gasteiger partial charge in [0.05, 0.1) is 16.4 Å². The van der Waals surface area contributed by atoms with Crippen molar-refractivity contribution in [2.24, 2.45) is 0 Å². The predicted octanol–water partition coefficient (Wildman–Crippen LogP) is 3.67. The van der Waals surface area contributed by atoms with Gasteiger partial charge in [-0.1, -0.05) is 18.2 Å². The molecule has 1 fully saturated rings. The molecule has 7 heteroatoms. The largest absolute Gasteiger partial charge is 0.364 e. The van der Waals surface area contributed by atoms with E-state index in [2.05, 4.69) is 4.90 Å². The second-order valence-electron chi connectivity index (χ2n) is 5.52. The molecule has 7 nitrogen and oxygen atoms in total. The van der Waals surface area contributed by atoms with Gasteiger partial charge < -0.3 is 4.90 Å². The zero-order valence-corrected chi connectivity index (χ0v) is 12.3. The van der Waals surface area contributed by atoms with E-state index in [0.717, 1.165) is 18.5 Å². The molecule has 0 aromatic heterocycles. The van der Waals surface area contributed by atoms with Crippen molar-refractivity contribution in [3.63, 3.8) is 0 Å². The van der Waals surface area contributed by atoms with E-state index in [1.807, 2.05) is 0 Å². The molecule has 0 saturated heterocycles. The quantitative estimate of drug-likeness (QED) is 0.599. The molecule has 0 spiro atoms. The Morgan fingerprint density at radius 1 is 0.957 bits per heavy atom. The highest BCUT2D eigenvalue weighted by Gasteiger charge is 2.31. The topological polar surface area (TPSA) is 89.5 Å². The Hall–Kier alpha value is -2.96. The van der Waals surface area contributed by atoms with E-state index in [9.17, 15) is 20.2 Å². The van der Waals surface area contributed by atoms with Crippen LogP contribution in [0.3, 0.4) is 0 Å². The van der Waals surface area contributed by atoms with Crippen LogP contribution < -0.4 is 4.90 Å². The number of anilines is 1. The first kappa shape index (κ1) is 15.0. The average molecular weight is 313 g/mol. The van der Waals surface area contributed by atoms with Crippen molar-refractivity contribution >= 4 is 17.1 Å². The fraction of sp³-hybridized carbons (Fsp3) is 0.250. The minimum Gasteiger partial charge on any atom is -0.364 e. The molecule has 0 atom stereocenters. The molecular weight excluding hydrogens is 298 g/mol. The summed E-state index contributed by atoms with van der Waals surface area (Å²) in [5, 5.41) is 21.9. The first-order chi connectivity index (χ1) is 11.1. The zero-order valence-electron chi connectivity index (χ0n) is 12.3. The molecule has 1 aliphatic carbocycles. The van der Waals surface area contributed by atoms with Crippen LogP contribution in [-0.4, -0.2) is 15.9 Å². The van der Waals surface area contributed by atoms with Crippen molar-refractivity contribution in [1.29, 1.82) is 0 Å². The van der Waals surface area contributed by atoms with Crippen molar-refractivity contribution in [1.82, 2.24) is 0 Å². The number of nitrogens with zero attached hydrogens (tertiary/aromatic N) is 3. The Morgan fingerprint density at radius 3 is 2.17 bits per heavy atom. The third-order valence-electron chi connectivity index (χ3n) is 3.91. The number of hydrogen-bond donors (Lipinski definition) is 0. The molecule has 118 valence electrons. The molecule has 0 radical (unpaired) electrons. The van der Waals surface area contributed by atoms with Crippen molar-refractivity contribution < 1.29 is 9.85 Å². The van der Waals surface area contributed by atoms with Gasteiger partial charge in [0.25, 0.3) is 11.4 Å². The highest BCUT2D eigenvalue weighted by Crippen LogP contribution is 2.35. The number of rotatable bonds is 6. The summed E-state index contributed by atoms with van der Waals surface area (Å²) >= 11 is 0. The van der Waals surface area contributed by atoms with Crippen LogP contribution in [-0.2, 0) is 6.54 Å². The molecular formula is C16H15N3O4. The van der Waals surface area contributed by atoms with Crippen LogP contribution in [0.5, 0.6) is 0 Å². The first-order valence-corrected chi connectivity index (χ1v) is 7.29. The van der Waals surface area contributed by atoms with E-state index in [0.29, 0.717) is 18.2 Å². The first-order valence-electron chi connectivity index (χ1n) is 7.29. The molecule has 0 N–H and O–H groups in total. The fourth-order valence-corrected chi connectivity index (χ4v) is 2.59. The standard InChI is InChI=1S/C16H15N3O4/c20-18(21)15-9-7-14(8-10-15)17(13-5-6-13)11-12-3-1-2-4-16(12)19(22)23/h1-4,7-10,13H,5-6,11H2. The highest BCUT2D eigenvalue weighted by molar-refractivity contribution is 5.54. The number of nitro benzene ring substituents is 2. The lowest BCUT2D eigenvalue weighted by atomic mass is 10.1. The summed E-state index contributed by atoms with van der Waals surface area (Å²) in [5.41, 5.74) is 1.62. The van der Waals surface area contributed by atoms with Gasteiger partial charge in [-0.05, 0) is 25.0 Å². The number of nitro groups is 2. The maximum absolute atomic E-state index is 11.2. The average Bonchev–Trinajstić information content (AvgIpc) is 3.37. The number of hydrogen-bond acceptors (Lipinski definition) is 5. The Labute approximate surface area is 132 Å². The molecule has 1 aliphatic rings. The van der Waals surface area contributed by atoms with Crippen LogP contribution in [0.25, 0.3) is 0 Å². The van der Waals surface area contributed by atoms with Crippen LogP contribution in [0, 0.1) is 20.2 Å². The Kier molecular flexibility index (Phi) is 3.92. The van der Waals surface area contributed by atoms with Gasteiger partial charge in [-0.15, -0.1) is 0 Å². The minimum atomic E-state index is -0.437. The molecule has 1 saturated carbocycles. The molecule has 2 aromatic carbocycles. The zero-order chi connectivity index (χ0) is 16.4. The van der Waals surface area contributed by atoms with Gasteiger partial charge in [-0.3, -0.25) is 20.2 Å². The molecule has 0 bridgehead atoms. The van der Waals surface area contributed by atoms with Crippen molar-refractivity contribution in [3.8, 4) is 0 Å². The van der Waals surface area contributed by atoms with E-state index in [4.69, 9.17) is 0 Å². The van der Waals surface area contributed by atoms with Gasteiger partial charge in [0.15, 0.2) is 0 Å². The van der Waals surface area contributed by atoms with Gasteiger partial charge in [0.2, 0.25) is 0 Å². The third-order valence-corrected chi connectivity index (χ3v) is 3.91. The van der Waals surface area contributed by atoms with E-state index in [1.54, 1.807) is 30.3 Å². The maximum Gasteiger partial charge on any atom is 0.274 e. The summed E-state index contributed by atoms with van der Waals surface area (Å²) in [6, 6.07) is 13.3. The van der Waals surface area contributed by atoms with Crippen LogP contribution in [0.2, 0.25) is 0 Å². The lowest BCUT2D eigenvalue weighted by Crippen LogP contribution is -2.25. The summed E-state index contributed by atoms with van der Waals surface area (Å²) in [6.45, 7) is 0.416. The summed E-state index contributed by atoms with van der Waals surface area (Å²) in [5.74, 6) is 0. The Bertz CT molecular complexity index is 741. The highest BCUT2D eigenvalue weighted by atomic mass is 16.6. The summed E-state index contributed by atoms with van der Waals surface area (Å²) in [4.78, 5) is 23.2. The lowest BCUT2D eigenvalue weighted by molar-refractivity contribution is -0.385. The molecule has 23 heavy (non-hydrogen) atoms. The van der Waals surface area contributed by atoms with Crippen molar-refractivity contribution in [2.75, 3.05) is 4.90 Å². The smallest absolute Gasteiger partial charge is 0.274 e. The molecule has 0 unspecified atom stereocenters. The van der Waals surface area contributed by atoms with Crippen molar-refractivity contribution in [2.45, 2.75) is 25.4 Å². The molecule has 0 heterocycles. The Balaban J connectivity index is 1.88. The van der Waals surface area contributed by atoms with E-state index in [1.165, 1.54) is 18.2 Å². The van der Waals surface area contributed by atoms with E-state index in [-0.39, 0.29) is 16.3 Å². The van der Waals surface area contributed by atoms with Gasteiger partial charge >= 0.3 is 0 Å². The summed E-state index contributed by atoms with van der Waals surface area (Å²) in [7, 11) is 0. The van der Waals surface area contributed by atoms with Gasteiger partial charge in [-0.25, -0.2) is 0 Å². The van der Waals surface area contributed by atoms with Crippen LogP contribution in [0.15, 0.2) is 48.5 Å². The SMILES string of the molecule is O=[N+]([O-])c1ccc(N(Cc2ccccc2[N+](=O)[O-])C2CC2)cc1. The molecule has 3 rings (SSSR count). The Morgan fingerprint density at radius 2 is 1.61 bits per heavy atom. The van der Waals surface area contributed by atoms with Crippen LogP contribution in [0.1, 0.15) is 18.4 Å². The van der Waals surface area contributed by atoms with Crippen molar-refractivity contribution in [3.05, 3.63) is 74.3 Å². The number of non-ortho nitro benzene ring substituents is 1. The molecule has 0 amide bonds. The van der Waals surface area contributed by atoms with Gasteiger partial charge in [0.1, 0.15) is 0 Å². The number of benzene rings is 2. The van der Waals surface area contributed by atoms with Gasteiger partial charge in [-0.2, -0.15) is 0 Å². The minimum absolute atomic E-state index is 0.0372. The van der Waals surface area contributed by atoms with E-state index < -0.39 is 4.92 Å². The molecule has 0 aliphatic heterocycles. The predicted molar refractivity (Wildman–Crippen MR) is 85.4 cm³/mol. The summed E-state index contributed by atoms with van der Waals surface area (Å²) < 4.78 is 0. The fourth-order valence-electron chi connectivity index (χ4n) is 2.59. The normalized spacial score (nSPS) is 13.6. The second kappa shape index (κ2) is 6.04. The second-order valence-corrected chi connectivity index (χ2v) is 5.52. The number of para-hydroxylation sites is 1.